The van der Waals surface area contributed by atoms with Crippen LogP contribution in [-0.2, 0) is 6.54 Å². The van der Waals surface area contributed by atoms with E-state index in [2.05, 4.69) is 39.6 Å². The van der Waals surface area contributed by atoms with Gasteiger partial charge in [0.05, 0.1) is 11.9 Å². The number of aromatic amines is 1. The minimum Gasteiger partial charge on any atom is -0.380 e. The van der Waals surface area contributed by atoms with Gasteiger partial charge < -0.3 is 10.3 Å². The van der Waals surface area contributed by atoms with Crippen LogP contribution in [0.3, 0.4) is 0 Å². The Bertz CT molecular complexity index is 718. The molecule has 0 saturated carbocycles. The summed E-state index contributed by atoms with van der Waals surface area (Å²) in [5, 5.41) is 5.17. The lowest BCUT2D eigenvalue weighted by Gasteiger charge is -2.08. The molecule has 0 spiro atoms. The average Bonchev–Trinajstić information content (AvgIpc) is 2.89. The van der Waals surface area contributed by atoms with E-state index < -0.39 is 0 Å². The first kappa shape index (κ1) is 12.1. The Kier molecular flexibility index (Phi) is 3.13. The predicted octanol–water partition coefficient (Wildman–Crippen LogP) is 4.14. The highest BCUT2D eigenvalue weighted by molar-refractivity contribution is 6.30. The Balaban J connectivity index is 1.82. The van der Waals surface area contributed by atoms with Crippen LogP contribution in [0, 0.1) is 6.92 Å². The fourth-order valence-electron chi connectivity index (χ4n) is 2.16. The molecule has 0 aliphatic rings. The monoisotopic (exact) mass is 271 g/mol. The van der Waals surface area contributed by atoms with Gasteiger partial charge in [-0.2, -0.15) is 0 Å². The van der Waals surface area contributed by atoms with Gasteiger partial charge in [0.1, 0.15) is 5.15 Å². The molecule has 0 unspecified atom stereocenters. The van der Waals surface area contributed by atoms with Crippen molar-refractivity contribution in [1.29, 1.82) is 0 Å². The molecule has 0 fully saturated rings. The van der Waals surface area contributed by atoms with Crippen LogP contribution in [0.1, 0.15) is 11.1 Å². The molecule has 3 rings (SSSR count). The lowest BCUT2D eigenvalue weighted by molar-refractivity contribution is 1.14. The van der Waals surface area contributed by atoms with Gasteiger partial charge in [-0.15, -0.1) is 0 Å². The first-order valence-corrected chi connectivity index (χ1v) is 6.53. The minimum atomic E-state index is 0.554. The Hall–Kier alpha value is -2.00. The van der Waals surface area contributed by atoms with Gasteiger partial charge in [0.25, 0.3) is 0 Å². The Morgan fingerprint density at radius 2 is 2.21 bits per heavy atom. The molecular formula is C15H14ClN3. The number of hydrogen-bond donors (Lipinski definition) is 2. The zero-order valence-corrected chi connectivity index (χ0v) is 11.3. The van der Waals surface area contributed by atoms with Crippen molar-refractivity contribution in [3.05, 3.63) is 59.0 Å². The van der Waals surface area contributed by atoms with Crippen molar-refractivity contribution in [3.8, 4) is 0 Å². The lowest BCUT2D eigenvalue weighted by atomic mass is 10.1. The molecule has 0 atom stereocenters. The largest absolute Gasteiger partial charge is 0.380 e. The first-order valence-electron chi connectivity index (χ1n) is 6.15. The fraction of sp³-hybridized carbons (Fsp3) is 0.133. The molecule has 4 heteroatoms. The quantitative estimate of drug-likeness (QED) is 0.703. The standard InChI is InChI=1S/C15H14ClN3/c1-10-7-12(9-19-15(10)16)18-8-11-3-2-4-14-13(11)5-6-17-14/h2-7,9,17-18H,8H2,1H3. The molecule has 2 heterocycles. The number of hydrogen-bond acceptors (Lipinski definition) is 2. The zero-order chi connectivity index (χ0) is 13.2. The third kappa shape index (κ3) is 2.42. The summed E-state index contributed by atoms with van der Waals surface area (Å²) in [5.74, 6) is 0. The SMILES string of the molecule is Cc1cc(NCc2cccc3[nH]ccc23)cnc1Cl. The molecule has 0 aliphatic heterocycles. The van der Waals surface area contributed by atoms with Crippen molar-refractivity contribution in [2.24, 2.45) is 0 Å². The highest BCUT2D eigenvalue weighted by Crippen LogP contribution is 2.20. The number of pyridine rings is 1. The van der Waals surface area contributed by atoms with E-state index in [-0.39, 0.29) is 0 Å². The van der Waals surface area contributed by atoms with Crippen molar-refractivity contribution in [3.63, 3.8) is 0 Å². The van der Waals surface area contributed by atoms with E-state index in [1.165, 1.54) is 10.9 Å². The number of nitrogens with one attached hydrogen (secondary N) is 2. The maximum atomic E-state index is 5.92. The van der Waals surface area contributed by atoms with Crippen molar-refractivity contribution >= 4 is 28.2 Å². The molecule has 3 aromatic rings. The van der Waals surface area contributed by atoms with Crippen LogP contribution in [0.2, 0.25) is 5.15 Å². The van der Waals surface area contributed by atoms with Crippen LogP contribution in [0.25, 0.3) is 10.9 Å². The van der Waals surface area contributed by atoms with Gasteiger partial charge in [0.2, 0.25) is 0 Å². The van der Waals surface area contributed by atoms with Crippen molar-refractivity contribution in [2.75, 3.05) is 5.32 Å². The van der Waals surface area contributed by atoms with Crippen molar-refractivity contribution in [1.82, 2.24) is 9.97 Å². The van der Waals surface area contributed by atoms with Gasteiger partial charge in [-0.05, 0) is 36.2 Å². The van der Waals surface area contributed by atoms with E-state index in [1.807, 2.05) is 19.2 Å². The number of rotatable bonds is 3. The molecular weight excluding hydrogens is 258 g/mol. The maximum absolute atomic E-state index is 5.92. The van der Waals surface area contributed by atoms with E-state index in [0.717, 1.165) is 23.3 Å². The molecule has 2 N–H and O–H groups in total. The number of benzene rings is 1. The summed E-state index contributed by atoms with van der Waals surface area (Å²) in [6, 6.07) is 10.4. The Labute approximate surface area is 116 Å². The summed E-state index contributed by atoms with van der Waals surface area (Å²) in [5.41, 5.74) is 4.37. The second-order valence-electron chi connectivity index (χ2n) is 4.54. The van der Waals surface area contributed by atoms with Crippen molar-refractivity contribution in [2.45, 2.75) is 13.5 Å². The van der Waals surface area contributed by atoms with Crippen LogP contribution in [-0.4, -0.2) is 9.97 Å². The molecule has 0 saturated heterocycles. The van der Waals surface area contributed by atoms with E-state index in [9.17, 15) is 0 Å². The summed E-state index contributed by atoms with van der Waals surface area (Å²) < 4.78 is 0. The molecule has 0 amide bonds. The predicted molar refractivity (Wildman–Crippen MR) is 79.6 cm³/mol. The van der Waals surface area contributed by atoms with Crippen LogP contribution in [0.15, 0.2) is 42.7 Å². The number of anilines is 1. The second-order valence-corrected chi connectivity index (χ2v) is 4.90. The van der Waals surface area contributed by atoms with Gasteiger partial charge in [-0.3, -0.25) is 0 Å². The third-order valence-corrected chi connectivity index (χ3v) is 3.58. The highest BCUT2D eigenvalue weighted by atomic mass is 35.5. The minimum absolute atomic E-state index is 0.554. The summed E-state index contributed by atoms with van der Waals surface area (Å²) >= 11 is 5.92. The molecule has 0 aliphatic carbocycles. The van der Waals surface area contributed by atoms with Gasteiger partial charge in [-0.1, -0.05) is 23.7 Å². The summed E-state index contributed by atoms with van der Waals surface area (Å²) in [7, 11) is 0. The summed E-state index contributed by atoms with van der Waals surface area (Å²) in [6.45, 7) is 2.71. The van der Waals surface area contributed by atoms with Crippen LogP contribution in [0.4, 0.5) is 5.69 Å². The Morgan fingerprint density at radius 3 is 3.05 bits per heavy atom. The van der Waals surface area contributed by atoms with E-state index in [1.54, 1.807) is 6.20 Å². The molecule has 0 bridgehead atoms. The molecule has 96 valence electrons. The van der Waals surface area contributed by atoms with Crippen LogP contribution >= 0.6 is 11.6 Å². The number of nitrogens with zero attached hydrogens (tertiary/aromatic N) is 1. The van der Waals surface area contributed by atoms with E-state index in [0.29, 0.717) is 5.15 Å². The number of aryl methyl sites for hydroxylation is 1. The highest BCUT2D eigenvalue weighted by Gasteiger charge is 2.03. The number of H-pyrrole nitrogens is 1. The van der Waals surface area contributed by atoms with Gasteiger partial charge in [-0.25, -0.2) is 4.98 Å². The van der Waals surface area contributed by atoms with Crippen molar-refractivity contribution < 1.29 is 0 Å². The maximum Gasteiger partial charge on any atom is 0.132 e. The normalized spacial score (nSPS) is 10.8. The second kappa shape index (κ2) is 4.94. The Morgan fingerprint density at radius 1 is 1.32 bits per heavy atom. The average molecular weight is 272 g/mol. The molecule has 0 radical (unpaired) electrons. The fourth-order valence-corrected chi connectivity index (χ4v) is 2.26. The van der Waals surface area contributed by atoms with Gasteiger partial charge in [0.15, 0.2) is 0 Å². The molecule has 1 aromatic carbocycles. The summed E-state index contributed by atoms with van der Waals surface area (Å²) in [6.07, 6.45) is 3.72. The number of aromatic nitrogens is 2. The topological polar surface area (TPSA) is 40.7 Å². The van der Waals surface area contributed by atoms with Gasteiger partial charge in [0, 0.05) is 23.6 Å². The smallest absolute Gasteiger partial charge is 0.132 e. The first-order chi connectivity index (χ1) is 9.24. The number of halogens is 1. The van der Waals surface area contributed by atoms with Gasteiger partial charge >= 0.3 is 0 Å². The van der Waals surface area contributed by atoms with Crippen LogP contribution in [0.5, 0.6) is 0 Å². The molecule has 3 nitrogen and oxygen atoms in total. The lowest BCUT2D eigenvalue weighted by Crippen LogP contribution is -2.00. The zero-order valence-electron chi connectivity index (χ0n) is 10.6. The molecule has 19 heavy (non-hydrogen) atoms. The van der Waals surface area contributed by atoms with E-state index >= 15 is 0 Å². The van der Waals surface area contributed by atoms with Crippen LogP contribution < -0.4 is 5.32 Å². The van der Waals surface area contributed by atoms with E-state index in [4.69, 9.17) is 11.6 Å². The number of fused-ring (bicyclic) bond motifs is 1. The third-order valence-electron chi connectivity index (χ3n) is 3.18. The summed E-state index contributed by atoms with van der Waals surface area (Å²) in [4.78, 5) is 7.36. The molecule has 2 aromatic heterocycles.